The number of nitrogens with two attached hydrogens (primary N) is 1. The molecule has 92 valence electrons. The first kappa shape index (κ1) is 11.8. The summed E-state index contributed by atoms with van der Waals surface area (Å²) in [5.74, 6) is -1.46. The fourth-order valence-electron chi connectivity index (χ4n) is 1.76. The van der Waals surface area contributed by atoms with Gasteiger partial charge in [0.2, 0.25) is 0 Å². The van der Waals surface area contributed by atoms with Gasteiger partial charge in [-0.15, -0.1) is 0 Å². The van der Waals surface area contributed by atoms with Crippen molar-refractivity contribution >= 4 is 11.6 Å². The number of carbonyl (C=O) groups excluding carboxylic acids is 1. The first-order valence-corrected chi connectivity index (χ1v) is 5.51. The van der Waals surface area contributed by atoms with Gasteiger partial charge in [-0.1, -0.05) is 6.92 Å². The van der Waals surface area contributed by atoms with Gasteiger partial charge in [0.15, 0.2) is 11.6 Å². The Kier molecular flexibility index (Phi) is 3.00. The maximum absolute atomic E-state index is 13.0. The number of anilines is 1. The summed E-state index contributed by atoms with van der Waals surface area (Å²) in [6.07, 6.45) is 1.09. The van der Waals surface area contributed by atoms with Crippen LogP contribution in [0.15, 0.2) is 12.1 Å². The monoisotopic (exact) mass is 240 g/mol. The van der Waals surface area contributed by atoms with E-state index < -0.39 is 17.5 Å². The Bertz CT molecular complexity index is 462. The molecule has 0 aliphatic heterocycles. The van der Waals surface area contributed by atoms with E-state index in [4.69, 9.17) is 5.73 Å². The molecule has 3 nitrogen and oxygen atoms in total. The molecular formula is C12H14F2N2O. The Morgan fingerprint density at radius 3 is 2.65 bits per heavy atom. The number of nitrogens with one attached hydrogen (secondary N) is 1. The summed E-state index contributed by atoms with van der Waals surface area (Å²) < 4.78 is 25.8. The zero-order chi connectivity index (χ0) is 12.6. The van der Waals surface area contributed by atoms with Crippen molar-refractivity contribution in [1.82, 2.24) is 5.32 Å². The van der Waals surface area contributed by atoms with E-state index in [2.05, 4.69) is 12.2 Å². The highest BCUT2D eigenvalue weighted by Crippen LogP contribution is 2.36. The topological polar surface area (TPSA) is 55.1 Å². The van der Waals surface area contributed by atoms with Crippen LogP contribution in [0.2, 0.25) is 0 Å². The Labute approximate surface area is 98.0 Å². The molecule has 0 spiro atoms. The second kappa shape index (κ2) is 4.31. The second-order valence-corrected chi connectivity index (χ2v) is 4.54. The quantitative estimate of drug-likeness (QED) is 0.793. The van der Waals surface area contributed by atoms with Crippen molar-refractivity contribution in [3.05, 3.63) is 29.3 Å². The molecule has 1 fully saturated rings. The molecule has 1 aromatic rings. The number of benzene rings is 1. The molecule has 2 rings (SSSR count). The molecule has 1 aliphatic rings. The van der Waals surface area contributed by atoms with E-state index in [0.717, 1.165) is 18.6 Å². The molecule has 1 amide bonds. The molecule has 0 saturated heterocycles. The number of carbonyl (C=O) groups is 1. The molecule has 2 unspecified atom stereocenters. The van der Waals surface area contributed by atoms with Gasteiger partial charge in [0.25, 0.3) is 5.91 Å². The summed E-state index contributed by atoms with van der Waals surface area (Å²) in [4.78, 5) is 11.7. The van der Waals surface area contributed by atoms with Gasteiger partial charge in [-0.2, -0.15) is 0 Å². The van der Waals surface area contributed by atoms with Crippen molar-refractivity contribution < 1.29 is 13.6 Å². The second-order valence-electron chi connectivity index (χ2n) is 4.54. The standard InChI is InChI=1S/C12H14F2N2O/c1-6-2-7(6)5-16-12(17)8-3-9(13)10(14)4-11(8)15/h3-4,6-7H,2,5,15H2,1H3,(H,16,17). The molecular weight excluding hydrogens is 226 g/mol. The summed E-state index contributed by atoms with van der Waals surface area (Å²) >= 11 is 0. The van der Waals surface area contributed by atoms with Crippen LogP contribution >= 0.6 is 0 Å². The first-order valence-electron chi connectivity index (χ1n) is 5.51. The van der Waals surface area contributed by atoms with Crippen molar-refractivity contribution in [1.29, 1.82) is 0 Å². The SMILES string of the molecule is CC1CC1CNC(=O)c1cc(F)c(F)cc1N. The summed E-state index contributed by atoms with van der Waals surface area (Å²) in [6, 6.07) is 1.65. The van der Waals surface area contributed by atoms with Crippen LogP contribution < -0.4 is 11.1 Å². The zero-order valence-electron chi connectivity index (χ0n) is 9.47. The minimum Gasteiger partial charge on any atom is -0.398 e. The summed E-state index contributed by atoms with van der Waals surface area (Å²) in [6.45, 7) is 2.65. The van der Waals surface area contributed by atoms with Gasteiger partial charge in [0.05, 0.1) is 5.56 Å². The van der Waals surface area contributed by atoms with Gasteiger partial charge >= 0.3 is 0 Å². The number of rotatable bonds is 3. The normalized spacial score (nSPS) is 22.3. The van der Waals surface area contributed by atoms with Crippen LogP contribution in [0.5, 0.6) is 0 Å². The zero-order valence-corrected chi connectivity index (χ0v) is 9.47. The third-order valence-electron chi connectivity index (χ3n) is 3.14. The highest BCUT2D eigenvalue weighted by molar-refractivity contribution is 5.99. The number of amides is 1. The van der Waals surface area contributed by atoms with Gasteiger partial charge in [0, 0.05) is 18.3 Å². The van der Waals surface area contributed by atoms with Crippen molar-refractivity contribution in [2.45, 2.75) is 13.3 Å². The summed E-state index contributed by atoms with van der Waals surface area (Å²) in [5.41, 5.74) is 5.41. The van der Waals surface area contributed by atoms with Gasteiger partial charge < -0.3 is 11.1 Å². The Balaban J connectivity index is 2.05. The minimum absolute atomic E-state index is 0.0165. The fourth-order valence-corrected chi connectivity index (χ4v) is 1.76. The van der Waals surface area contributed by atoms with E-state index in [0.29, 0.717) is 18.4 Å². The van der Waals surface area contributed by atoms with E-state index in [1.54, 1.807) is 0 Å². The molecule has 1 aromatic carbocycles. The molecule has 0 heterocycles. The lowest BCUT2D eigenvalue weighted by Crippen LogP contribution is -2.27. The third kappa shape index (κ3) is 2.54. The number of halogens is 2. The van der Waals surface area contributed by atoms with Gasteiger partial charge in [-0.25, -0.2) is 8.78 Å². The van der Waals surface area contributed by atoms with Crippen molar-refractivity contribution in [3.63, 3.8) is 0 Å². The Hall–Kier alpha value is -1.65. The van der Waals surface area contributed by atoms with Crippen LogP contribution in [0.4, 0.5) is 14.5 Å². The van der Waals surface area contributed by atoms with Gasteiger partial charge in [-0.05, 0) is 24.3 Å². The molecule has 17 heavy (non-hydrogen) atoms. The van der Waals surface area contributed by atoms with Crippen molar-refractivity contribution in [3.8, 4) is 0 Å². The molecule has 2 atom stereocenters. The molecule has 1 aliphatic carbocycles. The third-order valence-corrected chi connectivity index (χ3v) is 3.14. The average molecular weight is 240 g/mol. The molecule has 0 bridgehead atoms. The van der Waals surface area contributed by atoms with E-state index in [1.807, 2.05) is 0 Å². The number of nitrogen functional groups attached to an aromatic ring is 1. The molecule has 1 saturated carbocycles. The number of hydrogen-bond acceptors (Lipinski definition) is 2. The van der Waals surface area contributed by atoms with Gasteiger partial charge in [-0.3, -0.25) is 4.79 Å². The van der Waals surface area contributed by atoms with E-state index >= 15 is 0 Å². The Morgan fingerprint density at radius 1 is 1.47 bits per heavy atom. The average Bonchev–Trinajstić information content (AvgIpc) is 2.96. The molecule has 0 radical (unpaired) electrons. The maximum Gasteiger partial charge on any atom is 0.253 e. The highest BCUT2D eigenvalue weighted by Gasteiger charge is 2.32. The van der Waals surface area contributed by atoms with Crippen LogP contribution in [-0.2, 0) is 0 Å². The lowest BCUT2D eigenvalue weighted by molar-refractivity contribution is 0.0951. The van der Waals surface area contributed by atoms with E-state index in [-0.39, 0.29) is 11.3 Å². The van der Waals surface area contributed by atoms with Crippen molar-refractivity contribution in [2.24, 2.45) is 11.8 Å². The lowest BCUT2D eigenvalue weighted by Gasteiger charge is -2.07. The van der Waals surface area contributed by atoms with Crippen LogP contribution in [0, 0.1) is 23.5 Å². The smallest absolute Gasteiger partial charge is 0.253 e. The Morgan fingerprint density at radius 2 is 2.06 bits per heavy atom. The number of hydrogen-bond donors (Lipinski definition) is 2. The van der Waals surface area contributed by atoms with Crippen LogP contribution in [0.1, 0.15) is 23.7 Å². The fraction of sp³-hybridized carbons (Fsp3) is 0.417. The maximum atomic E-state index is 13.0. The van der Waals surface area contributed by atoms with Gasteiger partial charge in [0.1, 0.15) is 0 Å². The largest absolute Gasteiger partial charge is 0.398 e. The molecule has 5 heteroatoms. The van der Waals surface area contributed by atoms with E-state index in [9.17, 15) is 13.6 Å². The van der Waals surface area contributed by atoms with Crippen molar-refractivity contribution in [2.75, 3.05) is 12.3 Å². The predicted octanol–water partition coefficient (Wildman–Crippen LogP) is 1.93. The first-order chi connectivity index (χ1) is 7.99. The molecule has 0 aromatic heterocycles. The lowest BCUT2D eigenvalue weighted by atomic mass is 10.1. The van der Waals surface area contributed by atoms with E-state index in [1.165, 1.54) is 0 Å². The molecule has 3 N–H and O–H groups in total. The highest BCUT2D eigenvalue weighted by atomic mass is 19.2. The summed E-state index contributed by atoms with van der Waals surface area (Å²) in [7, 11) is 0. The van der Waals surface area contributed by atoms with Crippen LogP contribution in [-0.4, -0.2) is 12.5 Å². The van der Waals surface area contributed by atoms with Crippen LogP contribution in [0.25, 0.3) is 0 Å². The van der Waals surface area contributed by atoms with Crippen LogP contribution in [0.3, 0.4) is 0 Å². The predicted molar refractivity (Wildman–Crippen MR) is 60.4 cm³/mol. The minimum atomic E-state index is -1.07. The summed E-state index contributed by atoms with van der Waals surface area (Å²) in [5, 5.41) is 2.67.